The van der Waals surface area contributed by atoms with E-state index in [2.05, 4.69) is 47.0 Å². The number of aromatic nitrogens is 2. The van der Waals surface area contributed by atoms with Gasteiger partial charge in [-0.05, 0) is 19.3 Å². The minimum absolute atomic E-state index is 0.936. The average molecular weight is 250 g/mol. The van der Waals surface area contributed by atoms with Gasteiger partial charge in [0.1, 0.15) is 18.0 Å². The topological polar surface area (TPSA) is 41.0 Å². The van der Waals surface area contributed by atoms with Gasteiger partial charge < -0.3 is 10.2 Å². The highest BCUT2D eigenvalue weighted by atomic mass is 15.2. The third-order valence-electron chi connectivity index (χ3n) is 2.80. The van der Waals surface area contributed by atoms with Gasteiger partial charge in [-0.15, -0.1) is 0 Å². The molecule has 0 aliphatic rings. The first-order chi connectivity index (χ1) is 8.81. The van der Waals surface area contributed by atoms with Crippen LogP contribution in [0.2, 0.25) is 0 Å². The molecule has 1 aromatic heterocycles. The van der Waals surface area contributed by atoms with Crippen molar-refractivity contribution in [3.8, 4) is 0 Å². The Labute approximate surface area is 111 Å². The molecule has 0 radical (unpaired) electrons. The van der Waals surface area contributed by atoms with Crippen molar-refractivity contribution in [1.82, 2.24) is 9.97 Å². The van der Waals surface area contributed by atoms with Crippen molar-refractivity contribution in [2.75, 3.05) is 29.9 Å². The van der Waals surface area contributed by atoms with Crippen LogP contribution in [0, 0.1) is 0 Å². The van der Waals surface area contributed by atoms with Crippen molar-refractivity contribution in [3.05, 3.63) is 12.4 Å². The fraction of sp³-hybridized carbons (Fsp3) is 0.714. The number of anilines is 2. The smallest absolute Gasteiger partial charge is 0.134 e. The summed E-state index contributed by atoms with van der Waals surface area (Å²) in [5.41, 5.74) is 0. The SMILES string of the molecule is CCCCNc1cc(N(CCC)CCC)ncn1. The number of unbranched alkanes of at least 4 members (excludes halogenated alkanes) is 1. The van der Waals surface area contributed by atoms with Crippen molar-refractivity contribution >= 4 is 11.6 Å². The second kappa shape index (κ2) is 8.72. The highest BCUT2D eigenvalue weighted by Crippen LogP contribution is 2.15. The van der Waals surface area contributed by atoms with Gasteiger partial charge in [-0.25, -0.2) is 9.97 Å². The van der Waals surface area contributed by atoms with E-state index in [9.17, 15) is 0 Å². The second-order valence-electron chi connectivity index (χ2n) is 4.53. The Kier molecular flexibility index (Phi) is 7.14. The Hall–Kier alpha value is -1.32. The third kappa shape index (κ3) is 4.90. The molecule has 0 fully saturated rings. The summed E-state index contributed by atoms with van der Waals surface area (Å²) in [6.07, 6.45) is 6.31. The lowest BCUT2D eigenvalue weighted by atomic mass is 10.3. The summed E-state index contributed by atoms with van der Waals surface area (Å²) in [6.45, 7) is 9.68. The summed E-state index contributed by atoms with van der Waals surface area (Å²) >= 11 is 0. The zero-order valence-electron chi connectivity index (χ0n) is 11.9. The Morgan fingerprint density at radius 2 is 1.78 bits per heavy atom. The van der Waals surface area contributed by atoms with E-state index in [1.54, 1.807) is 6.33 Å². The van der Waals surface area contributed by atoms with Gasteiger partial charge in [0.15, 0.2) is 0 Å². The summed E-state index contributed by atoms with van der Waals surface area (Å²) in [5.74, 6) is 1.97. The molecule has 0 aliphatic carbocycles. The Morgan fingerprint density at radius 1 is 1.06 bits per heavy atom. The van der Waals surface area contributed by atoms with Crippen LogP contribution in [0.1, 0.15) is 46.5 Å². The molecule has 0 bridgehead atoms. The summed E-state index contributed by atoms with van der Waals surface area (Å²) in [7, 11) is 0. The molecule has 0 saturated carbocycles. The molecule has 0 saturated heterocycles. The molecule has 0 spiro atoms. The third-order valence-corrected chi connectivity index (χ3v) is 2.80. The molecule has 4 nitrogen and oxygen atoms in total. The molecule has 1 rings (SSSR count). The van der Waals surface area contributed by atoms with Gasteiger partial charge in [0, 0.05) is 25.7 Å². The maximum atomic E-state index is 4.38. The number of hydrogen-bond acceptors (Lipinski definition) is 4. The number of hydrogen-bond donors (Lipinski definition) is 1. The predicted octanol–water partition coefficient (Wildman–Crippen LogP) is 3.32. The zero-order valence-corrected chi connectivity index (χ0v) is 11.9. The van der Waals surface area contributed by atoms with E-state index < -0.39 is 0 Å². The van der Waals surface area contributed by atoms with E-state index in [1.165, 1.54) is 12.8 Å². The van der Waals surface area contributed by atoms with Crippen LogP contribution in [0.3, 0.4) is 0 Å². The summed E-state index contributed by atoms with van der Waals surface area (Å²) in [4.78, 5) is 11.0. The van der Waals surface area contributed by atoms with Crippen molar-refractivity contribution in [2.45, 2.75) is 46.5 Å². The predicted molar refractivity (Wildman–Crippen MR) is 78.2 cm³/mol. The monoisotopic (exact) mass is 250 g/mol. The van der Waals surface area contributed by atoms with Crippen molar-refractivity contribution < 1.29 is 0 Å². The lowest BCUT2D eigenvalue weighted by Crippen LogP contribution is -2.26. The standard InChI is InChI=1S/C14H26N4/c1-4-7-8-15-13-11-14(17-12-16-13)18(9-5-2)10-6-3/h11-12H,4-10H2,1-3H3,(H,15,16,17). The van der Waals surface area contributed by atoms with Crippen LogP contribution < -0.4 is 10.2 Å². The number of rotatable bonds is 9. The largest absolute Gasteiger partial charge is 0.370 e. The van der Waals surface area contributed by atoms with Gasteiger partial charge in [0.05, 0.1) is 0 Å². The van der Waals surface area contributed by atoms with Crippen LogP contribution in [0.15, 0.2) is 12.4 Å². The summed E-state index contributed by atoms with van der Waals surface area (Å²) in [5, 5.41) is 3.35. The van der Waals surface area contributed by atoms with E-state index in [-0.39, 0.29) is 0 Å². The van der Waals surface area contributed by atoms with Gasteiger partial charge in [-0.3, -0.25) is 0 Å². The van der Waals surface area contributed by atoms with E-state index in [0.717, 1.165) is 44.1 Å². The molecule has 0 aliphatic heterocycles. The molecule has 0 unspecified atom stereocenters. The first-order valence-electron chi connectivity index (χ1n) is 7.12. The van der Waals surface area contributed by atoms with Gasteiger partial charge in [0.2, 0.25) is 0 Å². The molecule has 0 aromatic carbocycles. The van der Waals surface area contributed by atoms with Crippen molar-refractivity contribution in [2.24, 2.45) is 0 Å². The molecule has 4 heteroatoms. The highest BCUT2D eigenvalue weighted by Gasteiger charge is 2.06. The molecule has 1 heterocycles. The van der Waals surface area contributed by atoms with Crippen LogP contribution in [-0.4, -0.2) is 29.6 Å². The second-order valence-corrected chi connectivity index (χ2v) is 4.53. The fourth-order valence-electron chi connectivity index (χ4n) is 1.89. The van der Waals surface area contributed by atoms with E-state index in [4.69, 9.17) is 0 Å². The first kappa shape index (κ1) is 14.7. The molecule has 0 atom stereocenters. The quantitative estimate of drug-likeness (QED) is 0.683. The maximum absolute atomic E-state index is 4.38. The molecule has 1 N–H and O–H groups in total. The van der Waals surface area contributed by atoms with E-state index in [0.29, 0.717) is 0 Å². The normalized spacial score (nSPS) is 10.4. The summed E-state index contributed by atoms with van der Waals surface area (Å²) in [6, 6.07) is 2.06. The Bertz CT molecular complexity index is 321. The van der Waals surface area contributed by atoms with Gasteiger partial charge in [-0.1, -0.05) is 27.2 Å². The Balaban J connectivity index is 2.65. The summed E-state index contributed by atoms with van der Waals surface area (Å²) < 4.78 is 0. The van der Waals surface area contributed by atoms with Gasteiger partial charge in [-0.2, -0.15) is 0 Å². The Morgan fingerprint density at radius 3 is 2.39 bits per heavy atom. The van der Waals surface area contributed by atoms with Crippen LogP contribution in [0.5, 0.6) is 0 Å². The average Bonchev–Trinajstić information content (AvgIpc) is 2.39. The lowest BCUT2D eigenvalue weighted by molar-refractivity contribution is 0.732. The van der Waals surface area contributed by atoms with Crippen molar-refractivity contribution in [1.29, 1.82) is 0 Å². The molecule has 0 amide bonds. The van der Waals surface area contributed by atoms with Crippen LogP contribution in [0.25, 0.3) is 0 Å². The zero-order chi connectivity index (χ0) is 13.2. The van der Waals surface area contributed by atoms with E-state index >= 15 is 0 Å². The van der Waals surface area contributed by atoms with E-state index in [1.807, 2.05) is 0 Å². The number of nitrogens with zero attached hydrogens (tertiary/aromatic N) is 3. The van der Waals surface area contributed by atoms with Gasteiger partial charge in [0.25, 0.3) is 0 Å². The minimum atomic E-state index is 0.936. The van der Waals surface area contributed by atoms with Crippen LogP contribution in [-0.2, 0) is 0 Å². The molecule has 1 aromatic rings. The van der Waals surface area contributed by atoms with Crippen LogP contribution in [0.4, 0.5) is 11.6 Å². The molecular formula is C14H26N4. The minimum Gasteiger partial charge on any atom is -0.370 e. The maximum Gasteiger partial charge on any atom is 0.134 e. The molecular weight excluding hydrogens is 224 g/mol. The first-order valence-corrected chi connectivity index (χ1v) is 7.12. The van der Waals surface area contributed by atoms with Crippen LogP contribution >= 0.6 is 0 Å². The highest BCUT2D eigenvalue weighted by molar-refractivity contribution is 5.48. The molecule has 102 valence electrons. The molecule has 18 heavy (non-hydrogen) atoms. The number of nitrogens with one attached hydrogen (secondary N) is 1. The van der Waals surface area contributed by atoms with Gasteiger partial charge >= 0.3 is 0 Å². The van der Waals surface area contributed by atoms with Crippen molar-refractivity contribution in [3.63, 3.8) is 0 Å². The lowest BCUT2D eigenvalue weighted by Gasteiger charge is -2.22. The fourth-order valence-corrected chi connectivity index (χ4v) is 1.89.